The van der Waals surface area contributed by atoms with Gasteiger partial charge in [-0.05, 0) is 55.7 Å². The van der Waals surface area contributed by atoms with Gasteiger partial charge in [-0.25, -0.2) is 17.4 Å². The Morgan fingerprint density at radius 2 is 1.66 bits per heavy atom. The molecule has 1 N–H and O–H groups in total. The minimum Gasteiger partial charge on any atom is -0.493 e. The number of aromatic nitrogens is 3. The Kier molecular flexibility index (Phi) is 7.01. The van der Waals surface area contributed by atoms with E-state index < -0.39 is 10.0 Å². The summed E-state index contributed by atoms with van der Waals surface area (Å²) < 4.78 is 43.2. The molecule has 0 radical (unpaired) electrons. The molecule has 1 aliphatic rings. The molecule has 214 valence electrons. The Hall–Kier alpha value is -3.86. The number of rotatable bonds is 7. The van der Waals surface area contributed by atoms with Crippen molar-refractivity contribution < 1.29 is 23.0 Å². The fourth-order valence-electron chi connectivity index (χ4n) is 5.74. The van der Waals surface area contributed by atoms with Gasteiger partial charge in [0.05, 0.1) is 36.4 Å². The minimum absolute atomic E-state index is 0.193. The number of pyridine rings is 1. The van der Waals surface area contributed by atoms with Crippen LogP contribution >= 0.6 is 0 Å². The molecule has 6 rings (SSSR count). The molecular formula is C31H34N4O5S. The molecule has 0 bridgehead atoms. The first-order chi connectivity index (χ1) is 19.7. The van der Waals surface area contributed by atoms with E-state index in [1.54, 1.807) is 44.7 Å². The van der Waals surface area contributed by atoms with Gasteiger partial charge in [-0.1, -0.05) is 17.7 Å². The Labute approximate surface area is 239 Å². The average molecular weight is 575 g/mol. The smallest absolute Gasteiger partial charge is 0.269 e. The molecule has 10 heteroatoms. The van der Waals surface area contributed by atoms with Gasteiger partial charge in [0.1, 0.15) is 0 Å². The summed E-state index contributed by atoms with van der Waals surface area (Å²) in [5.41, 5.74) is 4.49. The van der Waals surface area contributed by atoms with Crippen molar-refractivity contribution in [3.05, 3.63) is 72.1 Å². The molecule has 0 spiro atoms. The van der Waals surface area contributed by atoms with Gasteiger partial charge in [0.15, 0.2) is 17.1 Å². The van der Waals surface area contributed by atoms with Crippen molar-refractivity contribution >= 4 is 32.0 Å². The zero-order valence-corrected chi connectivity index (χ0v) is 24.5. The second-order valence-corrected chi connectivity index (χ2v) is 12.5. The van der Waals surface area contributed by atoms with Gasteiger partial charge in [-0.3, -0.25) is 4.90 Å². The van der Waals surface area contributed by atoms with E-state index in [-0.39, 0.29) is 11.0 Å². The molecule has 0 amide bonds. The first kappa shape index (κ1) is 27.3. The molecule has 0 unspecified atom stereocenters. The number of hydrogen-bond donors (Lipinski definition) is 1. The molecule has 2 aromatic carbocycles. The summed E-state index contributed by atoms with van der Waals surface area (Å²) >= 11 is 0. The molecule has 1 fully saturated rings. The number of hydrogen-bond acceptors (Lipinski definition) is 7. The molecule has 4 heterocycles. The van der Waals surface area contributed by atoms with Crippen LogP contribution in [0.5, 0.6) is 11.5 Å². The summed E-state index contributed by atoms with van der Waals surface area (Å²) in [5.74, 6) is 1.15. The third-order valence-corrected chi connectivity index (χ3v) is 9.75. The maximum absolute atomic E-state index is 14.4. The number of methoxy groups -OCH3 is 2. The lowest BCUT2D eigenvalue weighted by atomic mass is 10.1. The van der Waals surface area contributed by atoms with Crippen LogP contribution in [0.3, 0.4) is 0 Å². The quantitative estimate of drug-likeness (QED) is 0.301. The highest BCUT2D eigenvalue weighted by atomic mass is 32.2. The number of aliphatic hydroxyl groups is 1. The van der Waals surface area contributed by atoms with Crippen molar-refractivity contribution in [2.24, 2.45) is 7.05 Å². The van der Waals surface area contributed by atoms with Gasteiger partial charge >= 0.3 is 0 Å². The van der Waals surface area contributed by atoms with Crippen LogP contribution in [-0.2, 0) is 23.6 Å². The summed E-state index contributed by atoms with van der Waals surface area (Å²) in [6.07, 6.45) is 4.80. The Morgan fingerprint density at radius 1 is 0.976 bits per heavy atom. The lowest BCUT2D eigenvalue weighted by Gasteiger charge is -2.29. The van der Waals surface area contributed by atoms with Crippen LogP contribution in [0.4, 0.5) is 0 Å². The monoisotopic (exact) mass is 574 g/mol. The summed E-state index contributed by atoms with van der Waals surface area (Å²) in [6.45, 7) is 4.13. The second kappa shape index (κ2) is 10.5. The van der Waals surface area contributed by atoms with Crippen LogP contribution in [0.2, 0.25) is 0 Å². The van der Waals surface area contributed by atoms with E-state index in [0.29, 0.717) is 29.4 Å². The second-order valence-electron chi connectivity index (χ2n) is 10.7. The van der Waals surface area contributed by atoms with E-state index in [0.717, 1.165) is 58.9 Å². The number of nitrogens with zero attached hydrogens (tertiary/aromatic N) is 4. The number of aliphatic hydroxyl groups excluding tert-OH is 1. The van der Waals surface area contributed by atoms with E-state index in [4.69, 9.17) is 9.47 Å². The van der Waals surface area contributed by atoms with Crippen molar-refractivity contribution in [1.29, 1.82) is 0 Å². The van der Waals surface area contributed by atoms with Crippen LogP contribution in [0.1, 0.15) is 24.0 Å². The summed E-state index contributed by atoms with van der Waals surface area (Å²) in [5, 5.41) is 11.6. The molecule has 41 heavy (non-hydrogen) atoms. The van der Waals surface area contributed by atoms with Crippen molar-refractivity contribution in [2.45, 2.75) is 37.3 Å². The zero-order chi connectivity index (χ0) is 28.9. The number of likely N-dealkylation sites (tertiary alicyclic amines) is 1. The van der Waals surface area contributed by atoms with E-state index in [9.17, 15) is 13.5 Å². The lowest BCUT2D eigenvalue weighted by Crippen LogP contribution is -2.35. The molecule has 3 aromatic heterocycles. The summed E-state index contributed by atoms with van der Waals surface area (Å²) in [6, 6.07) is 14.6. The van der Waals surface area contributed by atoms with Crippen LogP contribution < -0.4 is 9.47 Å². The van der Waals surface area contributed by atoms with Gasteiger partial charge in [0.25, 0.3) is 10.0 Å². The Bertz CT molecular complexity index is 1850. The molecule has 0 aliphatic carbocycles. The van der Waals surface area contributed by atoms with Gasteiger partial charge in [-0.2, -0.15) is 0 Å². The number of aryl methyl sites for hydroxylation is 2. The standard InChI is InChI=1S/C31H34N4O5S/c1-20-5-7-23(8-6-20)41(37,38)35-28(26-19-33(2)27-17-30(40-4)29(39-3)16-25(26)27)15-24-21(9-12-32-31(24)35)18-34-13-10-22(36)11-14-34/h5-9,12,15-17,19,22,36H,10-11,13-14,18H2,1-4H3. The van der Waals surface area contributed by atoms with Gasteiger partial charge < -0.3 is 19.1 Å². The Morgan fingerprint density at radius 3 is 2.34 bits per heavy atom. The van der Waals surface area contributed by atoms with Crippen molar-refractivity contribution in [1.82, 2.24) is 18.4 Å². The predicted octanol–water partition coefficient (Wildman–Crippen LogP) is 4.71. The van der Waals surface area contributed by atoms with E-state index in [1.807, 2.05) is 49.0 Å². The fourth-order valence-corrected chi connectivity index (χ4v) is 7.22. The van der Waals surface area contributed by atoms with Crippen LogP contribution in [-0.4, -0.2) is 65.4 Å². The third-order valence-electron chi connectivity index (χ3n) is 8.03. The SMILES string of the molecule is COc1cc2c(-c3cc4c(CN5CCC(O)CC5)ccnc4n3S(=O)(=O)c3ccc(C)cc3)cn(C)c2cc1OC. The number of fused-ring (bicyclic) bond motifs is 2. The summed E-state index contributed by atoms with van der Waals surface area (Å²) in [7, 11) is 1.08. The highest BCUT2D eigenvalue weighted by Gasteiger charge is 2.28. The number of piperidine rings is 1. The highest BCUT2D eigenvalue weighted by Crippen LogP contribution is 2.41. The van der Waals surface area contributed by atoms with Gasteiger partial charge in [-0.15, -0.1) is 0 Å². The molecular weight excluding hydrogens is 540 g/mol. The highest BCUT2D eigenvalue weighted by molar-refractivity contribution is 7.90. The van der Waals surface area contributed by atoms with Crippen LogP contribution in [0, 0.1) is 6.92 Å². The third kappa shape index (κ3) is 4.75. The molecule has 5 aromatic rings. The summed E-state index contributed by atoms with van der Waals surface area (Å²) in [4.78, 5) is 7.11. The molecule has 0 saturated carbocycles. The van der Waals surface area contributed by atoms with E-state index in [1.165, 1.54) is 3.97 Å². The fraction of sp³-hybridized carbons (Fsp3) is 0.323. The van der Waals surface area contributed by atoms with Crippen molar-refractivity contribution in [3.63, 3.8) is 0 Å². The van der Waals surface area contributed by atoms with Gasteiger partial charge in [0, 0.05) is 61.5 Å². The average Bonchev–Trinajstić information content (AvgIpc) is 3.52. The number of ether oxygens (including phenoxy) is 2. The maximum atomic E-state index is 14.4. The molecule has 0 atom stereocenters. The number of benzene rings is 2. The predicted molar refractivity (Wildman–Crippen MR) is 159 cm³/mol. The van der Waals surface area contributed by atoms with Crippen molar-refractivity contribution in [2.75, 3.05) is 27.3 Å². The maximum Gasteiger partial charge on any atom is 0.269 e. The molecule has 1 saturated heterocycles. The Balaban J connectivity index is 1.61. The molecule has 9 nitrogen and oxygen atoms in total. The topological polar surface area (TPSA) is 98.8 Å². The normalized spacial score (nSPS) is 15.1. The molecule has 1 aliphatic heterocycles. The van der Waals surface area contributed by atoms with E-state index in [2.05, 4.69) is 9.88 Å². The first-order valence-corrected chi connectivity index (χ1v) is 15.1. The zero-order valence-electron chi connectivity index (χ0n) is 23.7. The van der Waals surface area contributed by atoms with Crippen LogP contribution in [0.25, 0.3) is 33.2 Å². The van der Waals surface area contributed by atoms with E-state index >= 15 is 0 Å². The van der Waals surface area contributed by atoms with Crippen LogP contribution in [0.15, 0.2) is 65.8 Å². The first-order valence-electron chi connectivity index (χ1n) is 13.6. The lowest BCUT2D eigenvalue weighted by molar-refractivity contribution is 0.0794. The largest absolute Gasteiger partial charge is 0.493 e. The minimum atomic E-state index is -4.02. The van der Waals surface area contributed by atoms with Crippen molar-refractivity contribution in [3.8, 4) is 22.8 Å². The van der Waals surface area contributed by atoms with Gasteiger partial charge in [0.2, 0.25) is 0 Å².